The summed E-state index contributed by atoms with van der Waals surface area (Å²) in [5.41, 5.74) is 2.58. The molecule has 1 N–H and O–H groups in total. The van der Waals surface area contributed by atoms with Crippen LogP contribution in [-0.2, 0) is 6.42 Å². The van der Waals surface area contributed by atoms with E-state index in [0.29, 0.717) is 12.1 Å². The monoisotopic (exact) mass is 239 g/mol. The number of rotatable bonds is 3. The van der Waals surface area contributed by atoms with Gasteiger partial charge < -0.3 is 10.0 Å². The molecule has 1 atom stereocenters. The van der Waals surface area contributed by atoms with Crippen LogP contribution >= 0.6 is 11.6 Å². The van der Waals surface area contributed by atoms with Crippen molar-refractivity contribution in [2.45, 2.75) is 38.8 Å². The first-order valence-electron chi connectivity index (χ1n) is 5.81. The van der Waals surface area contributed by atoms with E-state index in [9.17, 15) is 0 Å². The first kappa shape index (κ1) is 11.7. The highest BCUT2D eigenvalue weighted by Crippen LogP contribution is 2.36. The second-order valence-electron chi connectivity index (χ2n) is 4.64. The second-order valence-corrected chi connectivity index (χ2v) is 5.08. The Morgan fingerprint density at radius 2 is 2.25 bits per heavy atom. The number of anilines is 1. The van der Waals surface area contributed by atoms with Crippen molar-refractivity contribution in [3.05, 3.63) is 28.8 Å². The Morgan fingerprint density at radius 3 is 2.88 bits per heavy atom. The Labute approximate surface area is 102 Å². The van der Waals surface area contributed by atoms with Gasteiger partial charge >= 0.3 is 0 Å². The molecule has 1 heterocycles. The third kappa shape index (κ3) is 2.04. The van der Waals surface area contributed by atoms with E-state index in [1.165, 1.54) is 11.3 Å². The van der Waals surface area contributed by atoms with Gasteiger partial charge in [-0.15, -0.1) is 0 Å². The molecule has 1 aromatic rings. The van der Waals surface area contributed by atoms with Crippen molar-refractivity contribution in [2.24, 2.45) is 0 Å². The Hall–Kier alpha value is -0.730. The van der Waals surface area contributed by atoms with Gasteiger partial charge in [-0.3, -0.25) is 0 Å². The van der Waals surface area contributed by atoms with E-state index in [0.717, 1.165) is 17.9 Å². The summed E-state index contributed by atoms with van der Waals surface area (Å²) in [5.74, 6) is 0. The van der Waals surface area contributed by atoms with Crippen LogP contribution in [-0.4, -0.2) is 23.8 Å². The highest BCUT2D eigenvalue weighted by molar-refractivity contribution is 6.30. The number of aliphatic hydroxyl groups excluding tert-OH is 1. The Morgan fingerprint density at radius 1 is 1.50 bits per heavy atom. The third-order valence-corrected chi connectivity index (χ3v) is 3.42. The average molecular weight is 240 g/mol. The van der Waals surface area contributed by atoms with Gasteiger partial charge in [0.1, 0.15) is 0 Å². The summed E-state index contributed by atoms with van der Waals surface area (Å²) < 4.78 is 0. The van der Waals surface area contributed by atoms with Crippen molar-refractivity contribution in [3.63, 3.8) is 0 Å². The van der Waals surface area contributed by atoms with Crippen molar-refractivity contribution in [1.82, 2.24) is 0 Å². The minimum Gasteiger partial charge on any atom is -0.396 e. The molecule has 1 aromatic carbocycles. The van der Waals surface area contributed by atoms with Gasteiger partial charge in [0.2, 0.25) is 0 Å². The van der Waals surface area contributed by atoms with Crippen molar-refractivity contribution in [3.8, 4) is 0 Å². The van der Waals surface area contributed by atoms with Crippen LogP contribution in [0.1, 0.15) is 25.8 Å². The Bertz CT molecular complexity index is 378. The maximum Gasteiger partial charge on any atom is 0.0450 e. The van der Waals surface area contributed by atoms with Crippen molar-refractivity contribution in [2.75, 3.05) is 11.5 Å². The normalized spacial score (nSPS) is 19.3. The van der Waals surface area contributed by atoms with Gasteiger partial charge in [-0.1, -0.05) is 11.6 Å². The molecule has 0 spiro atoms. The molecule has 0 bridgehead atoms. The van der Waals surface area contributed by atoms with E-state index in [2.05, 4.69) is 24.8 Å². The van der Waals surface area contributed by atoms with Gasteiger partial charge in [0, 0.05) is 29.4 Å². The van der Waals surface area contributed by atoms with Gasteiger partial charge in [-0.2, -0.15) is 0 Å². The lowest BCUT2D eigenvalue weighted by Gasteiger charge is -2.31. The summed E-state index contributed by atoms with van der Waals surface area (Å²) in [7, 11) is 0. The van der Waals surface area contributed by atoms with Crippen LogP contribution in [0.3, 0.4) is 0 Å². The van der Waals surface area contributed by atoms with Crippen LogP contribution in [0.2, 0.25) is 5.02 Å². The Kier molecular flexibility index (Phi) is 3.41. The number of benzene rings is 1. The molecule has 16 heavy (non-hydrogen) atoms. The lowest BCUT2D eigenvalue weighted by molar-refractivity contribution is 0.272. The molecular weight excluding hydrogens is 222 g/mol. The molecule has 0 saturated heterocycles. The number of nitrogens with zero attached hydrogens (tertiary/aromatic N) is 1. The standard InChI is InChI=1S/C13H18ClNO/c1-9(2)15-12(5-6-16)8-10-7-11(14)3-4-13(10)15/h3-4,7,9,12,16H,5-6,8H2,1-2H3. The SMILES string of the molecule is CC(C)N1c2ccc(Cl)cc2CC1CCO. The fraction of sp³-hybridized carbons (Fsp3) is 0.538. The molecule has 3 heteroatoms. The fourth-order valence-corrected chi connectivity index (χ4v) is 2.80. The van der Waals surface area contributed by atoms with Crippen LogP contribution in [0.5, 0.6) is 0 Å². The van der Waals surface area contributed by atoms with E-state index in [-0.39, 0.29) is 6.61 Å². The number of hydrogen-bond acceptors (Lipinski definition) is 2. The summed E-state index contributed by atoms with van der Waals surface area (Å²) in [6.45, 7) is 4.62. The van der Waals surface area contributed by atoms with Crippen LogP contribution < -0.4 is 4.90 Å². The topological polar surface area (TPSA) is 23.5 Å². The molecule has 0 amide bonds. The Balaban J connectivity index is 2.33. The summed E-state index contributed by atoms with van der Waals surface area (Å²) in [5, 5.41) is 9.91. The van der Waals surface area contributed by atoms with E-state index < -0.39 is 0 Å². The van der Waals surface area contributed by atoms with E-state index >= 15 is 0 Å². The lowest BCUT2D eigenvalue weighted by atomic mass is 10.1. The van der Waals surface area contributed by atoms with E-state index in [4.69, 9.17) is 16.7 Å². The minimum atomic E-state index is 0.246. The van der Waals surface area contributed by atoms with Crippen LogP contribution in [0.4, 0.5) is 5.69 Å². The summed E-state index contributed by atoms with van der Waals surface area (Å²) in [6, 6.07) is 6.95. The molecule has 0 aromatic heterocycles. The smallest absolute Gasteiger partial charge is 0.0450 e. The summed E-state index contributed by atoms with van der Waals surface area (Å²) in [4.78, 5) is 2.39. The average Bonchev–Trinajstić information content (AvgIpc) is 2.55. The molecule has 88 valence electrons. The third-order valence-electron chi connectivity index (χ3n) is 3.19. The van der Waals surface area contributed by atoms with Crippen molar-refractivity contribution in [1.29, 1.82) is 0 Å². The zero-order valence-electron chi connectivity index (χ0n) is 9.78. The zero-order valence-corrected chi connectivity index (χ0v) is 10.5. The van der Waals surface area contributed by atoms with Gasteiger partial charge in [0.05, 0.1) is 0 Å². The molecule has 1 aliphatic heterocycles. The number of halogens is 1. The highest BCUT2D eigenvalue weighted by Gasteiger charge is 2.30. The maximum absolute atomic E-state index is 9.11. The molecule has 0 aliphatic carbocycles. The largest absolute Gasteiger partial charge is 0.396 e. The number of hydrogen-bond donors (Lipinski definition) is 1. The predicted octanol–water partition coefficient (Wildman–Crippen LogP) is 2.86. The van der Waals surface area contributed by atoms with Gasteiger partial charge in [0.15, 0.2) is 0 Å². The first-order chi connectivity index (χ1) is 7.63. The molecule has 2 rings (SSSR count). The molecule has 0 radical (unpaired) electrons. The van der Waals surface area contributed by atoms with Crippen LogP contribution in [0.25, 0.3) is 0 Å². The van der Waals surface area contributed by atoms with Gasteiger partial charge in [0.25, 0.3) is 0 Å². The highest BCUT2D eigenvalue weighted by atomic mass is 35.5. The van der Waals surface area contributed by atoms with Crippen molar-refractivity contribution < 1.29 is 5.11 Å². The predicted molar refractivity (Wildman–Crippen MR) is 68.3 cm³/mol. The van der Waals surface area contributed by atoms with Crippen molar-refractivity contribution >= 4 is 17.3 Å². The molecule has 0 saturated carbocycles. The molecule has 2 nitrogen and oxygen atoms in total. The molecular formula is C13H18ClNO. The zero-order chi connectivity index (χ0) is 11.7. The second kappa shape index (κ2) is 4.64. The first-order valence-corrected chi connectivity index (χ1v) is 6.19. The molecule has 0 fully saturated rings. The fourth-order valence-electron chi connectivity index (χ4n) is 2.61. The van der Waals surface area contributed by atoms with Gasteiger partial charge in [-0.25, -0.2) is 0 Å². The maximum atomic E-state index is 9.11. The minimum absolute atomic E-state index is 0.246. The van der Waals surface area contributed by atoms with Crippen LogP contribution in [0, 0.1) is 0 Å². The van der Waals surface area contributed by atoms with E-state index in [1.807, 2.05) is 12.1 Å². The lowest BCUT2D eigenvalue weighted by Crippen LogP contribution is -2.38. The van der Waals surface area contributed by atoms with E-state index in [1.54, 1.807) is 0 Å². The summed E-state index contributed by atoms with van der Waals surface area (Å²) >= 11 is 6.01. The molecule has 1 unspecified atom stereocenters. The van der Waals surface area contributed by atoms with Crippen LogP contribution in [0.15, 0.2) is 18.2 Å². The van der Waals surface area contributed by atoms with Gasteiger partial charge in [-0.05, 0) is 50.5 Å². The summed E-state index contributed by atoms with van der Waals surface area (Å²) in [6.07, 6.45) is 1.82. The number of aliphatic hydroxyl groups is 1. The number of fused-ring (bicyclic) bond motifs is 1. The quantitative estimate of drug-likeness (QED) is 0.877. The molecule has 1 aliphatic rings.